The summed E-state index contributed by atoms with van der Waals surface area (Å²) in [5.41, 5.74) is 2.62. The molecule has 0 aliphatic heterocycles. The van der Waals surface area contributed by atoms with E-state index < -0.39 is 5.97 Å². The van der Waals surface area contributed by atoms with Crippen molar-refractivity contribution in [3.05, 3.63) is 53.7 Å². The molecule has 0 saturated heterocycles. The van der Waals surface area contributed by atoms with Crippen LogP contribution in [0.4, 0.5) is 0 Å². The molecule has 0 atom stereocenters. The van der Waals surface area contributed by atoms with Gasteiger partial charge >= 0.3 is 5.97 Å². The van der Waals surface area contributed by atoms with E-state index in [1.165, 1.54) is 0 Å². The Morgan fingerprint density at radius 2 is 1.90 bits per heavy atom. The molecule has 0 radical (unpaired) electrons. The Kier molecular flexibility index (Phi) is 5.95. The number of nitrogens with zero attached hydrogens (tertiary/aromatic N) is 3. The summed E-state index contributed by atoms with van der Waals surface area (Å²) in [6.45, 7) is 6.16. The van der Waals surface area contributed by atoms with Crippen molar-refractivity contribution in [2.75, 3.05) is 13.2 Å². The SMILES string of the molecule is CCOC(=O)COc1ccc(-c2noc(-c3ccc4c(c3)c(Cl)cn4C(C)C)n2)cc1. The molecule has 2 aromatic carbocycles. The zero-order valence-electron chi connectivity index (χ0n) is 17.5. The van der Waals surface area contributed by atoms with Crippen LogP contribution in [-0.4, -0.2) is 33.9 Å². The number of esters is 1. The number of ether oxygens (including phenoxy) is 2. The first-order valence-corrected chi connectivity index (χ1v) is 10.4. The lowest BCUT2D eigenvalue weighted by molar-refractivity contribution is -0.145. The van der Waals surface area contributed by atoms with E-state index in [0.29, 0.717) is 35.1 Å². The molecule has 0 saturated carbocycles. The van der Waals surface area contributed by atoms with Gasteiger partial charge in [-0.3, -0.25) is 0 Å². The van der Waals surface area contributed by atoms with Crippen molar-refractivity contribution in [2.24, 2.45) is 0 Å². The molecule has 0 aliphatic rings. The fraction of sp³-hybridized carbons (Fsp3) is 0.261. The van der Waals surface area contributed by atoms with E-state index in [1.54, 1.807) is 31.2 Å². The maximum absolute atomic E-state index is 11.4. The molecule has 0 bridgehead atoms. The third-order valence-electron chi connectivity index (χ3n) is 4.79. The van der Waals surface area contributed by atoms with Gasteiger partial charge in [-0.05, 0) is 63.2 Å². The normalized spacial score (nSPS) is 11.3. The third-order valence-corrected chi connectivity index (χ3v) is 5.09. The summed E-state index contributed by atoms with van der Waals surface area (Å²) in [6, 6.07) is 13.3. The number of carbonyl (C=O) groups is 1. The van der Waals surface area contributed by atoms with Gasteiger partial charge in [0.2, 0.25) is 5.82 Å². The lowest BCUT2D eigenvalue weighted by Gasteiger charge is -2.08. The van der Waals surface area contributed by atoms with E-state index in [9.17, 15) is 4.79 Å². The second-order valence-electron chi connectivity index (χ2n) is 7.25. The van der Waals surface area contributed by atoms with Crippen LogP contribution in [0.1, 0.15) is 26.8 Å². The Balaban J connectivity index is 1.53. The van der Waals surface area contributed by atoms with E-state index >= 15 is 0 Å². The summed E-state index contributed by atoms with van der Waals surface area (Å²) in [7, 11) is 0. The van der Waals surface area contributed by atoms with Gasteiger partial charge in [-0.25, -0.2) is 4.79 Å². The first kappa shape index (κ1) is 20.9. The first-order chi connectivity index (χ1) is 15.0. The molecular formula is C23H22ClN3O4. The topological polar surface area (TPSA) is 79.4 Å². The van der Waals surface area contributed by atoms with Crippen molar-refractivity contribution < 1.29 is 18.8 Å². The molecule has 8 heteroatoms. The number of hydrogen-bond donors (Lipinski definition) is 0. The Labute approximate surface area is 184 Å². The molecule has 2 heterocycles. The Hall–Kier alpha value is -3.32. The van der Waals surface area contributed by atoms with E-state index in [-0.39, 0.29) is 6.61 Å². The fourth-order valence-electron chi connectivity index (χ4n) is 3.28. The van der Waals surface area contributed by atoms with Crippen LogP contribution in [0.25, 0.3) is 33.7 Å². The predicted molar refractivity (Wildman–Crippen MR) is 118 cm³/mol. The number of halogens is 1. The van der Waals surface area contributed by atoms with Crippen LogP contribution >= 0.6 is 11.6 Å². The van der Waals surface area contributed by atoms with Gasteiger partial charge in [0.05, 0.1) is 11.6 Å². The average Bonchev–Trinajstić information content (AvgIpc) is 3.38. The minimum absolute atomic E-state index is 0.136. The molecule has 0 unspecified atom stereocenters. The van der Waals surface area contributed by atoms with Crippen molar-refractivity contribution in [3.63, 3.8) is 0 Å². The van der Waals surface area contributed by atoms with Crippen molar-refractivity contribution in [1.82, 2.24) is 14.7 Å². The van der Waals surface area contributed by atoms with Gasteiger partial charge in [-0.1, -0.05) is 16.8 Å². The molecule has 0 amide bonds. The van der Waals surface area contributed by atoms with Gasteiger partial charge in [0, 0.05) is 34.3 Å². The summed E-state index contributed by atoms with van der Waals surface area (Å²) in [4.78, 5) is 15.9. The maximum Gasteiger partial charge on any atom is 0.344 e. The maximum atomic E-state index is 11.4. The van der Waals surface area contributed by atoms with E-state index in [2.05, 4.69) is 28.6 Å². The Morgan fingerprint density at radius 3 is 2.61 bits per heavy atom. The first-order valence-electron chi connectivity index (χ1n) is 9.99. The number of benzene rings is 2. The van der Waals surface area contributed by atoms with Crippen molar-refractivity contribution in [2.45, 2.75) is 26.8 Å². The van der Waals surface area contributed by atoms with E-state index in [1.807, 2.05) is 24.4 Å². The molecule has 160 valence electrons. The number of rotatable bonds is 7. The second kappa shape index (κ2) is 8.81. The second-order valence-corrected chi connectivity index (χ2v) is 7.66. The zero-order valence-corrected chi connectivity index (χ0v) is 18.2. The molecule has 0 N–H and O–H groups in total. The standard InChI is InChI=1S/C23H22ClN3O4/c1-4-29-21(28)13-30-17-8-5-15(6-9-17)22-25-23(31-26-22)16-7-10-20-18(11-16)19(24)12-27(20)14(2)3/h5-12,14H,4,13H2,1-3H3. The van der Waals surface area contributed by atoms with Crippen LogP contribution in [-0.2, 0) is 9.53 Å². The minimum Gasteiger partial charge on any atom is -0.482 e. The van der Waals surface area contributed by atoms with Crippen LogP contribution in [0.15, 0.2) is 53.2 Å². The van der Waals surface area contributed by atoms with Gasteiger partial charge in [0.1, 0.15) is 5.75 Å². The molecular weight excluding hydrogens is 418 g/mol. The Bertz CT molecular complexity index is 1210. The van der Waals surface area contributed by atoms with Gasteiger partial charge in [-0.15, -0.1) is 0 Å². The summed E-state index contributed by atoms with van der Waals surface area (Å²) in [5.74, 6) is 1.01. The number of aromatic nitrogens is 3. The van der Waals surface area contributed by atoms with Crippen LogP contribution < -0.4 is 4.74 Å². The summed E-state index contributed by atoms with van der Waals surface area (Å²) in [5, 5.41) is 5.71. The largest absolute Gasteiger partial charge is 0.482 e. The highest BCUT2D eigenvalue weighted by molar-refractivity contribution is 6.35. The van der Waals surface area contributed by atoms with Crippen molar-refractivity contribution in [1.29, 1.82) is 0 Å². The van der Waals surface area contributed by atoms with Crippen LogP contribution in [0, 0.1) is 0 Å². The fourth-order valence-corrected chi connectivity index (χ4v) is 3.53. The Morgan fingerprint density at radius 1 is 1.16 bits per heavy atom. The minimum atomic E-state index is -0.407. The van der Waals surface area contributed by atoms with Crippen molar-refractivity contribution >= 4 is 28.5 Å². The van der Waals surface area contributed by atoms with Gasteiger partial charge in [-0.2, -0.15) is 4.98 Å². The molecule has 0 spiro atoms. The van der Waals surface area contributed by atoms with Gasteiger partial charge < -0.3 is 18.6 Å². The number of carbonyl (C=O) groups excluding carboxylic acids is 1. The van der Waals surface area contributed by atoms with Crippen LogP contribution in [0.3, 0.4) is 0 Å². The van der Waals surface area contributed by atoms with E-state index in [4.69, 9.17) is 25.6 Å². The summed E-state index contributed by atoms with van der Waals surface area (Å²) in [6.07, 6.45) is 1.94. The molecule has 0 fully saturated rings. The van der Waals surface area contributed by atoms with Gasteiger partial charge in [0.25, 0.3) is 5.89 Å². The van der Waals surface area contributed by atoms with Crippen LogP contribution in [0.2, 0.25) is 5.02 Å². The molecule has 4 aromatic rings. The lowest BCUT2D eigenvalue weighted by Crippen LogP contribution is -2.14. The zero-order chi connectivity index (χ0) is 22.0. The highest BCUT2D eigenvalue weighted by atomic mass is 35.5. The number of hydrogen-bond acceptors (Lipinski definition) is 6. The molecule has 7 nitrogen and oxygen atoms in total. The van der Waals surface area contributed by atoms with E-state index in [0.717, 1.165) is 22.0 Å². The molecule has 0 aliphatic carbocycles. The van der Waals surface area contributed by atoms with Crippen molar-refractivity contribution in [3.8, 4) is 28.6 Å². The van der Waals surface area contributed by atoms with Gasteiger partial charge in [0.15, 0.2) is 6.61 Å². The predicted octanol–water partition coefficient (Wildman–Crippen LogP) is 5.53. The molecule has 2 aromatic heterocycles. The van der Waals surface area contributed by atoms with Crippen LogP contribution in [0.5, 0.6) is 5.75 Å². The third kappa shape index (κ3) is 4.41. The lowest BCUT2D eigenvalue weighted by atomic mass is 10.1. The number of fused-ring (bicyclic) bond motifs is 1. The summed E-state index contributed by atoms with van der Waals surface area (Å²) >= 11 is 6.43. The quantitative estimate of drug-likeness (QED) is 0.352. The highest BCUT2D eigenvalue weighted by Crippen LogP contribution is 2.32. The summed E-state index contributed by atoms with van der Waals surface area (Å²) < 4.78 is 17.9. The monoisotopic (exact) mass is 439 g/mol. The molecule has 4 rings (SSSR count). The average molecular weight is 440 g/mol. The molecule has 31 heavy (non-hydrogen) atoms. The highest BCUT2D eigenvalue weighted by Gasteiger charge is 2.15. The smallest absolute Gasteiger partial charge is 0.344 e.